The van der Waals surface area contributed by atoms with Crippen molar-refractivity contribution in [1.82, 2.24) is 30.2 Å². The van der Waals surface area contributed by atoms with Crippen molar-refractivity contribution in [3.63, 3.8) is 0 Å². The van der Waals surface area contributed by atoms with E-state index in [1.54, 1.807) is 52.9 Å². The van der Waals surface area contributed by atoms with Crippen LogP contribution in [-0.2, 0) is 59.0 Å². The molecule has 0 radical (unpaired) electrons. The number of aliphatic carboxylic acids is 1. The van der Waals surface area contributed by atoms with E-state index in [2.05, 4.69) is 10.6 Å². The summed E-state index contributed by atoms with van der Waals surface area (Å²) in [4.78, 5) is 112. The van der Waals surface area contributed by atoms with Crippen LogP contribution in [0.4, 0.5) is 0 Å². The first kappa shape index (κ1) is 52.8. The summed E-state index contributed by atoms with van der Waals surface area (Å²) in [5.41, 5.74) is 0.763. The van der Waals surface area contributed by atoms with Gasteiger partial charge in [0.25, 0.3) is 11.8 Å². The van der Waals surface area contributed by atoms with Gasteiger partial charge in [0.1, 0.15) is 18.1 Å². The normalized spacial score (nSPS) is 23.2. The number of methoxy groups -OCH3 is 2. The molecule has 4 aliphatic rings. The van der Waals surface area contributed by atoms with Gasteiger partial charge in [-0.05, 0) is 55.4 Å². The van der Waals surface area contributed by atoms with Crippen LogP contribution in [0, 0.1) is 23.7 Å². The maximum absolute atomic E-state index is 14.6. The van der Waals surface area contributed by atoms with Gasteiger partial charge in [-0.1, -0.05) is 71.4 Å². The highest BCUT2D eigenvalue weighted by Gasteiger charge is 2.52. The van der Waals surface area contributed by atoms with E-state index in [1.165, 1.54) is 26.4 Å². The van der Waals surface area contributed by atoms with E-state index in [9.17, 15) is 43.5 Å². The zero-order valence-electron chi connectivity index (χ0n) is 40.4. The van der Waals surface area contributed by atoms with E-state index in [4.69, 9.17) is 14.2 Å². The third-order valence-corrected chi connectivity index (χ3v) is 14.3. The maximum Gasteiger partial charge on any atom is 0.326 e. The number of nitrogens with zero attached hydrogens (tertiary/aromatic N) is 4. The number of carboxylic acids is 1. The summed E-state index contributed by atoms with van der Waals surface area (Å²) in [5.74, 6) is -5.03. The number of carbonyl (C=O) groups excluding carboxylic acids is 7. The zero-order valence-corrected chi connectivity index (χ0v) is 40.4. The van der Waals surface area contributed by atoms with E-state index < -0.39 is 77.9 Å². The highest BCUT2D eigenvalue weighted by molar-refractivity contribution is 6.12. The summed E-state index contributed by atoms with van der Waals surface area (Å²) in [6.07, 6.45) is 5.09. The molecule has 11 atom stereocenters. The molecule has 3 aliphatic heterocycles. The fraction of sp³-hybridized carbons (Fsp3) is 0.673. The van der Waals surface area contributed by atoms with Crippen LogP contribution < -0.4 is 10.6 Å². The minimum absolute atomic E-state index is 0.0111. The lowest BCUT2D eigenvalue weighted by molar-refractivity contribution is -0.149. The van der Waals surface area contributed by atoms with Crippen LogP contribution in [0.25, 0.3) is 0 Å². The first-order valence-corrected chi connectivity index (χ1v) is 23.8. The minimum atomic E-state index is -1.16. The van der Waals surface area contributed by atoms with Crippen LogP contribution in [0.5, 0.6) is 0 Å². The molecule has 2 bridgehead atoms. The predicted molar refractivity (Wildman–Crippen MR) is 246 cm³/mol. The molecular formula is C49H72N6O12. The molecule has 67 heavy (non-hydrogen) atoms. The molecule has 7 amide bonds. The van der Waals surface area contributed by atoms with Crippen molar-refractivity contribution in [2.45, 2.75) is 141 Å². The number of likely N-dealkylation sites (tertiary alicyclic amines) is 2. The third-order valence-electron chi connectivity index (χ3n) is 14.3. The lowest BCUT2D eigenvalue weighted by atomic mass is 9.89. The number of hydrogen-bond acceptors (Lipinski definition) is 11. The number of benzene rings is 1. The molecule has 18 nitrogen and oxygen atoms in total. The standard InChI is InChI=1S/C49H72N6O12/c1-9-30(4)43(37(65-7)28-41(59)53-22-13-16-36(53)45(66-8)31(5)46(60)50-35(49(63)64)26-32-14-11-10-12-15-32)52(6)48(62)42(29(2)3)51-47(61)44-33-17-18-34(27-33)55(44)40(58)21-24-67-25-23-54-38(56)19-20-39(54)57/h10-12,14-15,19-20,29-31,33-37,42-45H,9,13,16-18,21-28H2,1-8H3,(H,50,60)(H,51,61)(H,63,64)/t30-,31+,33-,34+,35-,36-,37+,42-,43-,44-,45+/m0/s1. The van der Waals surface area contributed by atoms with Crippen molar-refractivity contribution in [2.24, 2.45) is 23.7 Å². The lowest BCUT2D eigenvalue weighted by Crippen LogP contribution is -2.60. The molecule has 3 heterocycles. The summed E-state index contributed by atoms with van der Waals surface area (Å²) in [6.45, 7) is 9.95. The fourth-order valence-corrected chi connectivity index (χ4v) is 10.5. The van der Waals surface area contributed by atoms with Crippen molar-refractivity contribution in [3.8, 4) is 0 Å². The Bertz CT molecular complexity index is 1950. The van der Waals surface area contributed by atoms with Crippen molar-refractivity contribution in [3.05, 3.63) is 48.0 Å². The van der Waals surface area contributed by atoms with Crippen LogP contribution in [0.3, 0.4) is 0 Å². The summed E-state index contributed by atoms with van der Waals surface area (Å²) < 4.78 is 17.6. The number of carbonyl (C=O) groups is 8. The van der Waals surface area contributed by atoms with Gasteiger partial charge in [0, 0.05) is 52.4 Å². The van der Waals surface area contributed by atoms with Gasteiger partial charge >= 0.3 is 5.97 Å². The summed E-state index contributed by atoms with van der Waals surface area (Å²) in [7, 11) is 4.65. The lowest BCUT2D eigenvalue weighted by Gasteiger charge is -2.41. The zero-order chi connectivity index (χ0) is 49.1. The summed E-state index contributed by atoms with van der Waals surface area (Å²) in [5, 5.41) is 15.6. The predicted octanol–water partition coefficient (Wildman–Crippen LogP) is 2.57. The molecule has 1 aromatic rings. The van der Waals surface area contributed by atoms with Gasteiger partial charge in [-0.3, -0.25) is 38.5 Å². The number of piperidine rings is 1. The minimum Gasteiger partial charge on any atom is -0.480 e. The van der Waals surface area contributed by atoms with E-state index in [0.29, 0.717) is 32.2 Å². The molecule has 3 N–H and O–H groups in total. The number of carboxylic acid groups (broad SMARTS) is 1. The molecule has 3 fully saturated rings. The van der Waals surface area contributed by atoms with Gasteiger partial charge in [-0.15, -0.1) is 0 Å². The van der Waals surface area contributed by atoms with Crippen LogP contribution in [0.2, 0.25) is 0 Å². The van der Waals surface area contributed by atoms with Crippen molar-refractivity contribution < 1.29 is 57.7 Å². The van der Waals surface area contributed by atoms with Gasteiger partial charge in [-0.2, -0.15) is 0 Å². The SMILES string of the molecule is CC[C@H](C)[C@@H]([C@@H](CC(=O)N1CCC[C@H]1[C@H](OC)[C@@H](C)C(=O)N[C@@H](Cc1ccccc1)C(=O)O)OC)N(C)C(=O)[C@@H](NC(=O)[C@@H]1[C@H]2CC[C@H](C2)N1C(=O)CCOCCN1C(=O)C=CC1=O)C(C)C. The molecular weight excluding hydrogens is 865 g/mol. The van der Waals surface area contributed by atoms with Crippen LogP contribution in [0.1, 0.15) is 91.5 Å². The molecule has 1 saturated carbocycles. The number of amides is 7. The molecule has 0 unspecified atom stereocenters. The number of ether oxygens (including phenoxy) is 3. The summed E-state index contributed by atoms with van der Waals surface area (Å²) >= 11 is 0. The van der Waals surface area contributed by atoms with E-state index in [1.807, 2.05) is 33.8 Å². The number of fused-ring (bicyclic) bond motifs is 2. The molecule has 0 aromatic heterocycles. The molecule has 370 valence electrons. The average Bonchev–Trinajstić information content (AvgIpc) is 4.13. The van der Waals surface area contributed by atoms with E-state index >= 15 is 0 Å². The Morgan fingerprint density at radius 3 is 2.19 bits per heavy atom. The van der Waals surface area contributed by atoms with Crippen LogP contribution in [-0.4, -0.2) is 168 Å². The molecule has 1 aliphatic carbocycles. The van der Waals surface area contributed by atoms with E-state index in [-0.39, 0.29) is 80.5 Å². The Balaban J connectivity index is 1.22. The smallest absolute Gasteiger partial charge is 0.326 e. The monoisotopic (exact) mass is 937 g/mol. The van der Waals surface area contributed by atoms with Gasteiger partial charge in [0.2, 0.25) is 29.5 Å². The Morgan fingerprint density at radius 2 is 1.58 bits per heavy atom. The highest BCUT2D eigenvalue weighted by Crippen LogP contribution is 2.43. The maximum atomic E-state index is 14.6. The van der Waals surface area contributed by atoms with Crippen LogP contribution >= 0.6 is 0 Å². The molecule has 5 rings (SSSR count). The quantitative estimate of drug-likeness (QED) is 0.0952. The molecule has 1 aromatic carbocycles. The van der Waals surface area contributed by atoms with Gasteiger partial charge in [0.15, 0.2) is 0 Å². The molecule has 18 heteroatoms. The fourth-order valence-electron chi connectivity index (χ4n) is 10.5. The first-order valence-electron chi connectivity index (χ1n) is 23.8. The third kappa shape index (κ3) is 12.7. The number of nitrogens with one attached hydrogen (secondary N) is 2. The number of rotatable bonds is 25. The Morgan fingerprint density at radius 1 is 0.896 bits per heavy atom. The van der Waals surface area contributed by atoms with Gasteiger partial charge in [-0.25, -0.2) is 4.79 Å². The molecule has 0 spiro atoms. The first-order chi connectivity index (χ1) is 31.9. The number of likely N-dealkylation sites (N-methyl/N-ethyl adjacent to an activating group) is 1. The van der Waals surface area contributed by atoms with Crippen LogP contribution in [0.15, 0.2) is 42.5 Å². The van der Waals surface area contributed by atoms with Gasteiger partial charge in [0.05, 0.1) is 62.8 Å². The number of imide groups is 1. The van der Waals surface area contributed by atoms with Crippen molar-refractivity contribution in [1.29, 1.82) is 0 Å². The number of hydrogen-bond donors (Lipinski definition) is 3. The average molecular weight is 937 g/mol. The van der Waals surface area contributed by atoms with E-state index in [0.717, 1.165) is 23.3 Å². The second-order valence-electron chi connectivity index (χ2n) is 18.9. The second kappa shape index (κ2) is 24.2. The van der Waals surface area contributed by atoms with Gasteiger partial charge < -0.3 is 44.7 Å². The molecule has 2 saturated heterocycles. The topological polar surface area (TPSA) is 222 Å². The largest absolute Gasteiger partial charge is 0.480 e. The Labute approximate surface area is 394 Å². The Hall–Kier alpha value is -5.20. The second-order valence-corrected chi connectivity index (χ2v) is 18.9. The van der Waals surface area contributed by atoms with Crippen molar-refractivity contribution in [2.75, 3.05) is 47.6 Å². The Kier molecular flexibility index (Phi) is 19.1. The summed E-state index contributed by atoms with van der Waals surface area (Å²) in [6, 6.07) is 5.01. The highest BCUT2D eigenvalue weighted by atomic mass is 16.5. The van der Waals surface area contributed by atoms with Crippen molar-refractivity contribution >= 4 is 47.3 Å².